The summed E-state index contributed by atoms with van der Waals surface area (Å²) in [7, 11) is 1.70. The van der Waals surface area contributed by atoms with Crippen LogP contribution in [-0.2, 0) is 21.4 Å². The Labute approximate surface area is 126 Å². The van der Waals surface area contributed by atoms with Gasteiger partial charge in [0, 0.05) is 31.7 Å². The summed E-state index contributed by atoms with van der Waals surface area (Å²) in [4.78, 5) is 23.2. The van der Waals surface area contributed by atoms with Gasteiger partial charge in [0.25, 0.3) is 0 Å². The topological polar surface area (TPSA) is 93.5 Å². The second kappa shape index (κ2) is 5.87. The Morgan fingerprint density at radius 3 is 2.76 bits per heavy atom. The Kier molecular flexibility index (Phi) is 4.34. The molecule has 7 nitrogen and oxygen atoms in total. The van der Waals surface area contributed by atoms with E-state index in [1.165, 1.54) is 16.8 Å². The van der Waals surface area contributed by atoms with E-state index < -0.39 is 17.4 Å². The number of aryl methyl sites for hydroxylation is 2. The molecule has 114 valence electrons. The number of carboxylic acid groups (broad SMARTS) is 1. The molecule has 0 aromatic carbocycles. The van der Waals surface area contributed by atoms with Crippen molar-refractivity contribution in [1.82, 2.24) is 15.1 Å². The molecule has 1 aromatic heterocycles. The monoisotopic (exact) mass is 313 g/mol. The maximum absolute atomic E-state index is 11.9. The Hall–Kier alpha value is -1.86. The van der Waals surface area contributed by atoms with E-state index in [9.17, 15) is 14.7 Å². The highest BCUT2D eigenvalue weighted by molar-refractivity contribution is 6.31. The molecule has 0 radical (unpaired) electrons. The average molecular weight is 314 g/mol. The quantitative estimate of drug-likeness (QED) is 0.800. The van der Waals surface area contributed by atoms with Crippen LogP contribution in [0.3, 0.4) is 0 Å². The van der Waals surface area contributed by atoms with Gasteiger partial charge in [0.05, 0.1) is 12.3 Å². The van der Waals surface area contributed by atoms with Crippen molar-refractivity contribution in [1.29, 1.82) is 0 Å². The van der Waals surface area contributed by atoms with E-state index >= 15 is 0 Å². The number of aliphatic carboxylic acids is 1. The molecule has 0 aliphatic carbocycles. The summed E-state index contributed by atoms with van der Waals surface area (Å²) in [5.74, 6) is -1.61. The second-order valence-electron chi connectivity index (χ2n) is 4.93. The average Bonchev–Trinajstić information content (AvgIpc) is 2.96. The fraction of sp³-hybridized carbons (Fsp3) is 0.462. The third kappa shape index (κ3) is 3.08. The minimum absolute atomic E-state index is 0.0331. The van der Waals surface area contributed by atoms with Gasteiger partial charge in [-0.2, -0.15) is 5.10 Å². The maximum Gasteiger partial charge on any atom is 0.331 e. The lowest BCUT2D eigenvalue weighted by Gasteiger charge is -2.22. The summed E-state index contributed by atoms with van der Waals surface area (Å²) in [6, 6.07) is 0. The number of carbonyl (C=O) groups is 2. The number of hydrogen-bond donors (Lipinski definition) is 2. The van der Waals surface area contributed by atoms with Gasteiger partial charge in [-0.3, -0.25) is 9.48 Å². The molecule has 1 saturated heterocycles. The Balaban J connectivity index is 2.11. The Morgan fingerprint density at radius 2 is 2.29 bits per heavy atom. The first-order valence-corrected chi connectivity index (χ1v) is 6.74. The van der Waals surface area contributed by atoms with Gasteiger partial charge in [-0.15, -0.1) is 0 Å². The van der Waals surface area contributed by atoms with Crippen LogP contribution >= 0.6 is 11.6 Å². The van der Waals surface area contributed by atoms with E-state index in [0.29, 0.717) is 23.0 Å². The van der Waals surface area contributed by atoms with Crippen molar-refractivity contribution in [3.8, 4) is 0 Å². The van der Waals surface area contributed by atoms with Crippen LogP contribution in [0.2, 0.25) is 5.15 Å². The lowest BCUT2D eigenvalue weighted by atomic mass is 9.99. The molecular weight excluding hydrogens is 298 g/mol. The molecule has 1 aromatic rings. The third-order valence-corrected chi connectivity index (χ3v) is 3.84. The molecule has 2 N–H and O–H groups in total. The summed E-state index contributed by atoms with van der Waals surface area (Å²) in [5, 5.41) is 16.3. The van der Waals surface area contributed by atoms with Crippen molar-refractivity contribution in [3.05, 3.63) is 22.5 Å². The second-order valence-corrected chi connectivity index (χ2v) is 5.28. The highest BCUT2D eigenvalue weighted by Crippen LogP contribution is 2.21. The van der Waals surface area contributed by atoms with Gasteiger partial charge >= 0.3 is 5.97 Å². The zero-order valence-electron chi connectivity index (χ0n) is 11.7. The Morgan fingerprint density at radius 1 is 1.57 bits per heavy atom. The first-order valence-electron chi connectivity index (χ1n) is 6.36. The van der Waals surface area contributed by atoms with Crippen molar-refractivity contribution >= 4 is 29.6 Å². The largest absolute Gasteiger partial charge is 0.479 e. The Bertz CT molecular complexity index is 603. The molecule has 2 rings (SSSR count). The standard InChI is InChI=1S/C13H16ClN3O4/c1-8-9(11(14)17(2)16-8)3-4-10(18)15-13(12(19)20)5-6-21-7-13/h3-4H,5-7H2,1-2H3,(H,15,18)(H,19,20). The normalized spacial score (nSPS) is 21.9. The number of amides is 1. The smallest absolute Gasteiger partial charge is 0.331 e. The number of rotatable bonds is 4. The minimum atomic E-state index is -1.35. The van der Waals surface area contributed by atoms with E-state index in [4.69, 9.17) is 16.3 Å². The first kappa shape index (κ1) is 15.5. The van der Waals surface area contributed by atoms with Gasteiger partial charge in [-0.25, -0.2) is 4.79 Å². The molecule has 1 atom stereocenters. The summed E-state index contributed by atoms with van der Waals surface area (Å²) in [5.41, 5.74) is -0.0417. The number of aromatic nitrogens is 2. The molecule has 1 amide bonds. The lowest BCUT2D eigenvalue weighted by Crippen LogP contribution is -2.54. The van der Waals surface area contributed by atoms with Gasteiger partial charge in [-0.05, 0) is 13.0 Å². The van der Waals surface area contributed by atoms with Crippen molar-refractivity contribution in [2.45, 2.75) is 18.9 Å². The molecule has 1 fully saturated rings. The molecule has 0 saturated carbocycles. The van der Waals surface area contributed by atoms with Gasteiger partial charge in [0.2, 0.25) is 5.91 Å². The lowest BCUT2D eigenvalue weighted by molar-refractivity contribution is -0.147. The van der Waals surface area contributed by atoms with E-state index in [-0.39, 0.29) is 13.0 Å². The maximum atomic E-state index is 11.9. The van der Waals surface area contributed by atoms with Crippen LogP contribution in [0.4, 0.5) is 0 Å². The summed E-state index contributed by atoms with van der Waals surface area (Å²) >= 11 is 6.05. The summed E-state index contributed by atoms with van der Waals surface area (Å²) < 4.78 is 6.57. The molecule has 1 unspecified atom stereocenters. The van der Waals surface area contributed by atoms with Crippen LogP contribution in [0.15, 0.2) is 6.08 Å². The number of ether oxygens (including phenoxy) is 1. The van der Waals surface area contributed by atoms with Crippen molar-refractivity contribution in [2.24, 2.45) is 7.05 Å². The van der Waals surface area contributed by atoms with Crippen LogP contribution in [0.5, 0.6) is 0 Å². The molecule has 1 aliphatic heterocycles. The fourth-order valence-electron chi connectivity index (χ4n) is 2.16. The van der Waals surface area contributed by atoms with Crippen molar-refractivity contribution in [2.75, 3.05) is 13.2 Å². The van der Waals surface area contributed by atoms with Crippen LogP contribution in [0.1, 0.15) is 17.7 Å². The predicted octanol–water partition coefficient (Wildman–Crippen LogP) is 0.755. The van der Waals surface area contributed by atoms with Gasteiger partial charge in [0.1, 0.15) is 5.15 Å². The SMILES string of the molecule is Cc1nn(C)c(Cl)c1C=CC(=O)NC1(C(=O)O)CCOC1. The number of carboxylic acids is 1. The number of nitrogens with zero attached hydrogens (tertiary/aromatic N) is 2. The van der Waals surface area contributed by atoms with E-state index in [0.717, 1.165) is 0 Å². The molecule has 1 aliphatic rings. The number of nitrogens with one attached hydrogen (secondary N) is 1. The fourth-order valence-corrected chi connectivity index (χ4v) is 2.40. The number of hydrogen-bond acceptors (Lipinski definition) is 4. The molecular formula is C13H16ClN3O4. The molecule has 0 bridgehead atoms. The zero-order chi connectivity index (χ0) is 15.6. The highest BCUT2D eigenvalue weighted by atomic mass is 35.5. The van der Waals surface area contributed by atoms with Crippen LogP contribution in [0.25, 0.3) is 6.08 Å². The van der Waals surface area contributed by atoms with Crippen molar-refractivity contribution in [3.63, 3.8) is 0 Å². The van der Waals surface area contributed by atoms with E-state index in [1.54, 1.807) is 14.0 Å². The number of carbonyl (C=O) groups excluding carboxylic acids is 1. The third-order valence-electron chi connectivity index (χ3n) is 3.39. The first-order chi connectivity index (χ1) is 9.85. The van der Waals surface area contributed by atoms with Gasteiger partial charge in [0.15, 0.2) is 5.54 Å². The molecule has 0 spiro atoms. The van der Waals surface area contributed by atoms with Crippen LogP contribution in [-0.4, -0.2) is 45.5 Å². The van der Waals surface area contributed by atoms with Crippen LogP contribution < -0.4 is 5.32 Å². The molecule has 8 heteroatoms. The zero-order valence-corrected chi connectivity index (χ0v) is 12.5. The minimum Gasteiger partial charge on any atom is -0.479 e. The summed E-state index contributed by atoms with van der Waals surface area (Å²) in [6.07, 6.45) is 3.01. The highest BCUT2D eigenvalue weighted by Gasteiger charge is 2.43. The van der Waals surface area contributed by atoms with E-state index in [2.05, 4.69) is 10.4 Å². The van der Waals surface area contributed by atoms with Gasteiger partial charge < -0.3 is 15.2 Å². The van der Waals surface area contributed by atoms with Crippen molar-refractivity contribution < 1.29 is 19.4 Å². The number of halogens is 1. The summed E-state index contributed by atoms with van der Waals surface area (Å²) in [6.45, 7) is 2.05. The molecule has 2 heterocycles. The van der Waals surface area contributed by atoms with E-state index in [1.807, 2.05) is 0 Å². The molecule has 21 heavy (non-hydrogen) atoms. The van der Waals surface area contributed by atoms with Gasteiger partial charge in [-0.1, -0.05) is 11.6 Å². The predicted molar refractivity (Wildman–Crippen MR) is 75.9 cm³/mol. The van der Waals surface area contributed by atoms with Crippen LogP contribution in [0, 0.1) is 6.92 Å².